The second-order valence-electron chi connectivity index (χ2n) is 4.18. The predicted octanol–water partition coefficient (Wildman–Crippen LogP) is 3.03. The zero-order chi connectivity index (χ0) is 15.6. The molecule has 2 N–H and O–H groups in total. The number of sulfonamides is 1. The number of nitrogens with zero attached hydrogens (tertiary/aromatic N) is 1. The number of aryl methyl sites for hydroxylation is 1. The molecule has 1 heterocycles. The van der Waals surface area contributed by atoms with E-state index in [2.05, 4.69) is 10.6 Å². The van der Waals surface area contributed by atoms with Gasteiger partial charge in [-0.1, -0.05) is 43.5 Å². The zero-order valence-electron chi connectivity index (χ0n) is 12.8. The first-order chi connectivity index (χ1) is 9.43. The average molecular weight is 319 g/mol. The summed E-state index contributed by atoms with van der Waals surface area (Å²) in [6.45, 7) is 8.50. The topological polar surface area (TPSA) is 63.4 Å². The van der Waals surface area contributed by atoms with Gasteiger partial charge in [0.15, 0.2) is 0 Å². The summed E-state index contributed by atoms with van der Waals surface area (Å²) in [5.74, 6) is 0. The van der Waals surface area contributed by atoms with Crippen LogP contribution in [0, 0.1) is 6.92 Å². The largest absolute Gasteiger partial charge is 0.251 e. The van der Waals surface area contributed by atoms with Crippen LogP contribution >= 0.6 is 11.9 Å². The fraction of sp³-hybridized carbons (Fsp3) is 0.571. The summed E-state index contributed by atoms with van der Waals surface area (Å²) >= 11 is 1.87. The lowest BCUT2D eigenvalue weighted by molar-refractivity contribution is 0.589. The number of hydrogen-bond acceptors (Lipinski definition) is 4. The van der Waals surface area contributed by atoms with Gasteiger partial charge in [-0.05, 0) is 38.2 Å². The van der Waals surface area contributed by atoms with E-state index in [1.54, 1.807) is 12.1 Å². The van der Waals surface area contributed by atoms with Crippen molar-refractivity contribution in [1.82, 2.24) is 4.31 Å². The van der Waals surface area contributed by atoms with Crippen molar-refractivity contribution in [3.63, 3.8) is 0 Å². The number of primary sulfonamides is 1. The highest BCUT2D eigenvalue weighted by Crippen LogP contribution is 2.14. The van der Waals surface area contributed by atoms with Crippen LogP contribution in [0.3, 0.4) is 0 Å². The van der Waals surface area contributed by atoms with E-state index < -0.39 is 10.0 Å². The van der Waals surface area contributed by atoms with Crippen molar-refractivity contribution < 1.29 is 8.42 Å². The summed E-state index contributed by atoms with van der Waals surface area (Å²) in [5, 5.41) is 4.88. The summed E-state index contributed by atoms with van der Waals surface area (Å²) in [6, 6.07) is 6.40. The maximum atomic E-state index is 10.7. The molecule has 1 fully saturated rings. The van der Waals surface area contributed by atoms with E-state index in [4.69, 9.17) is 5.14 Å². The highest BCUT2D eigenvalue weighted by Gasteiger charge is 2.08. The van der Waals surface area contributed by atoms with E-state index in [1.807, 2.05) is 32.7 Å². The van der Waals surface area contributed by atoms with Crippen LogP contribution in [0.25, 0.3) is 0 Å². The van der Waals surface area contributed by atoms with Gasteiger partial charge in [-0.3, -0.25) is 4.31 Å². The number of hydrogen-bond donors (Lipinski definition) is 1. The molecule has 2 rings (SSSR count). The molecule has 0 spiro atoms. The molecule has 1 aromatic carbocycles. The number of rotatable bonds is 2. The van der Waals surface area contributed by atoms with Gasteiger partial charge < -0.3 is 0 Å². The Morgan fingerprint density at radius 3 is 1.85 bits per heavy atom. The van der Waals surface area contributed by atoms with Crippen LogP contribution in [0.15, 0.2) is 29.2 Å². The lowest BCUT2D eigenvalue weighted by atomic mass is 10.2. The van der Waals surface area contributed by atoms with E-state index in [1.165, 1.54) is 38.1 Å². The average Bonchev–Trinajstić information content (AvgIpc) is 2.94. The van der Waals surface area contributed by atoms with Gasteiger partial charge in [-0.2, -0.15) is 0 Å². The molecule has 0 aromatic heterocycles. The summed E-state index contributed by atoms with van der Waals surface area (Å²) < 4.78 is 23.8. The van der Waals surface area contributed by atoms with Crippen LogP contribution in [0.1, 0.15) is 32.3 Å². The van der Waals surface area contributed by atoms with Gasteiger partial charge in [-0.25, -0.2) is 13.6 Å². The molecule has 4 nitrogen and oxygen atoms in total. The Hall–Kier alpha value is -0.560. The predicted molar refractivity (Wildman–Crippen MR) is 88.2 cm³/mol. The Labute approximate surface area is 127 Å². The fourth-order valence-electron chi connectivity index (χ4n) is 1.60. The Kier molecular flexibility index (Phi) is 9.92. The molecule has 0 aliphatic carbocycles. The fourth-order valence-corrected chi connectivity index (χ4v) is 2.74. The molecule has 0 radical (unpaired) electrons. The second kappa shape index (κ2) is 10.2. The molecular formula is C14H26N2O2S2. The molecule has 0 saturated carbocycles. The van der Waals surface area contributed by atoms with Crippen molar-refractivity contribution in [2.45, 2.75) is 38.5 Å². The van der Waals surface area contributed by atoms with Crippen LogP contribution < -0.4 is 5.14 Å². The normalized spacial score (nSPS) is 14.8. The first-order valence-electron chi connectivity index (χ1n) is 6.82. The maximum Gasteiger partial charge on any atom is 0.238 e. The number of nitrogens with two attached hydrogens (primary N) is 1. The van der Waals surface area contributed by atoms with E-state index in [0.717, 1.165) is 5.56 Å². The van der Waals surface area contributed by atoms with Crippen molar-refractivity contribution in [1.29, 1.82) is 0 Å². The van der Waals surface area contributed by atoms with E-state index in [0.29, 0.717) is 0 Å². The molecule has 1 aliphatic heterocycles. The van der Waals surface area contributed by atoms with Crippen molar-refractivity contribution in [2.75, 3.05) is 19.3 Å². The smallest absolute Gasteiger partial charge is 0.238 e. The molecule has 0 amide bonds. The molecule has 0 unspecified atom stereocenters. The van der Waals surface area contributed by atoms with Gasteiger partial charge in [0.25, 0.3) is 0 Å². The van der Waals surface area contributed by atoms with Gasteiger partial charge >= 0.3 is 0 Å². The van der Waals surface area contributed by atoms with Gasteiger partial charge in [0.05, 0.1) is 4.90 Å². The van der Waals surface area contributed by atoms with Gasteiger partial charge in [0.1, 0.15) is 0 Å². The summed E-state index contributed by atoms with van der Waals surface area (Å²) in [6.07, 6.45) is 4.95. The highest BCUT2D eigenvalue weighted by atomic mass is 32.2. The molecule has 1 aromatic rings. The zero-order valence-corrected chi connectivity index (χ0v) is 14.4. The third-order valence-corrected chi connectivity index (χ3v) is 4.48. The summed E-state index contributed by atoms with van der Waals surface area (Å²) in [4.78, 5) is 0.156. The molecule has 1 saturated heterocycles. The molecule has 1 aliphatic rings. The molecule has 0 atom stereocenters. The minimum Gasteiger partial charge on any atom is -0.251 e. The summed E-state index contributed by atoms with van der Waals surface area (Å²) in [7, 11) is -3.52. The maximum absolute atomic E-state index is 10.7. The third kappa shape index (κ3) is 7.89. The van der Waals surface area contributed by atoms with E-state index in [-0.39, 0.29) is 4.90 Å². The van der Waals surface area contributed by atoms with Crippen molar-refractivity contribution in [3.8, 4) is 0 Å². The lowest BCUT2D eigenvalue weighted by Crippen LogP contribution is -2.11. The molecule has 20 heavy (non-hydrogen) atoms. The standard InChI is InChI=1S/C7H9NO2S.C5H11NS.C2H6/c1-6-2-4-7(5-3-6)11(8,9)10;1-7-6-4-2-3-5-6;1-2/h2-5H,1H3,(H2,8,9,10);2-5H2,1H3;1-2H3. The van der Waals surface area contributed by atoms with E-state index >= 15 is 0 Å². The SMILES string of the molecule is CC.CSN1CCCC1.Cc1ccc(S(N)(=O)=O)cc1. The Bertz CT molecular complexity index is 453. The third-order valence-electron chi connectivity index (χ3n) is 2.67. The van der Waals surface area contributed by atoms with Gasteiger partial charge in [0.2, 0.25) is 10.0 Å². The van der Waals surface area contributed by atoms with Crippen LogP contribution in [-0.2, 0) is 10.0 Å². The molecule has 6 heteroatoms. The number of benzene rings is 1. The molecular weight excluding hydrogens is 292 g/mol. The lowest BCUT2D eigenvalue weighted by Gasteiger charge is -2.06. The minimum absolute atomic E-state index is 0.156. The summed E-state index contributed by atoms with van der Waals surface area (Å²) in [5.41, 5.74) is 1.01. The van der Waals surface area contributed by atoms with Gasteiger partial charge in [0, 0.05) is 13.1 Å². The molecule has 0 bridgehead atoms. The van der Waals surface area contributed by atoms with Crippen LogP contribution in [0.5, 0.6) is 0 Å². The van der Waals surface area contributed by atoms with Crippen LogP contribution in [0.4, 0.5) is 0 Å². The molecule has 116 valence electrons. The van der Waals surface area contributed by atoms with E-state index in [9.17, 15) is 8.42 Å². The first-order valence-corrected chi connectivity index (χ1v) is 9.55. The second-order valence-corrected chi connectivity index (χ2v) is 6.62. The monoisotopic (exact) mass is 318 g/mol. The quantitative estimate of drug-likeness (QED) is 0.851. The Morgan fingerprint density at radius 1 is 1.10 bits per heavy atom. The minimum atomic E-state index is -3.52. The van der Waals surface area contributed by atoms with Crippen molar-refractivity contribution >= 4 is 22.0 Å². The Balaban J connectivity index is 0.000000345. The van der Waals surface area contributed by atoms with Crippen molar-refractivity contribution in [2.24, 2.45) is 5.14 Å². The first kappa shape index (κ1) is 19.4. The van der Waals surface area contributed by atoms with Crippen LogP contribution in [-0.4, -0.2) is 32.1 Å². The van der Waals surface area contributed by atoms with Gasteiger partial charge in [-0.15, -0.1) is 0 Å². The highest BCUT2D eigenvalue weighted by molar-refractivity contribution is 7.96. The van der Waals surface area contributed by atoms with Crippen molar-refractivity contribution in [3.05, 3.63) is 29.8 Å². The van der Waals surface area contributed by atoms with Crippen LogP contribution in [0.2, 0.25) is 0 Å². The Morgan fingerprint density at radius 2 is 1.55 bits per heavy atom.